The van der Waals surface area contributed by atoms with Gasteiger partial charge in [-0.25, -0.2) is 9.78 Å². The van der Waals surface area contributed by atoms with Gasteiger partial charge in [-0.2, -0.15) is 5.26 Å². The third-order valence-electron chi connectivity index (χ3n) is 4.45. The Hall–Kier alpha value is -2.33. The first-order valence-corrected chi connectivity index (χ1v) is 9.32. The fraction of sp³-hybridized carbons (Fsp3) is 0.632. The molecular weight excluding hydrogens is 332 g/mol. The normalized spacial score (nSPS) is 19.4. The van der Waals surface area contributed by atoms with E-state index in [1.54, 1.807) is 18.3 Å². The summed E-state index contributed by atoms with van der Waals surface area (Å²) in [4.78, 5) is 16.2. The number of unbranched alkanes of at least 4 members (excludes halogenated alkanes) is 1. The SMILES string of the molecule is C[C@H]1CCCC[C@H]1OCCNC(=O)Nc1ncccc1OCCCC#N. The topological polar surface area (TPSA) is 96.3 Å². The predicted octanol–water partition coefficient (Wildman–Crippen LogP) is 3.48. The third kappa shape index (κ3) is 6.89. The standard InChI is InChI=1S/C19H28N4O3/c1-15-7-2-3-8-16(15)26-14-12-22-19(24)23-18-17(9-6-11-21-18)25-13-5-4-10-20/h6,9,11,15-16H,2-5,7-8,12-14H2,1H3,(H2,21,22,23,24)/t15-,16+/m0/s1. The summed E-state index contributed by atoms with van der Waals surface area (Å²) in [5, 5.41) is 14.0. The number of hydrogen-bond acceptors (Lipinski definition) is 5. The van der Waals surface area contributed by atoms with Crippen LogP contribution in [0.5, 0.6) is 5.75 Å². The molecule has 2 N–H and O–H groups in total. The lowest BCUT2D eigenvalue weighted by molar-refractivity contribution is -0.00232. The molecular formula is C19H28N4O3. The number of ether oxygens (including phenoxy) is 2. The molecule has 2 atom stereocenters. The third-order valence-corrected chi connectivity index (χ3v) is 4.45. The Kier molecular flexibility index (Phi) is 8.70. The lowest BCUT2D eigenvalue weighted by atomic mass is 9.88. The largest absolute Gasteiger partial charge is 0.490 e. The molecule has 0 bridgehead atoms. The van der Waals surface area contributed by atoms with Crippen molar-refractivity contribution in [2.45, 2.75) is 51.6 Å². The van der Waals surface area contributed by atoms with Crippen molar-refractivity contribution in [2.75, 3.05) is 25.1 Å². The van der Waals surface area contributed by atoms with Crippen molar-refractivity contribution in [3.8, 4) is 11.8 Å². The minimum atomic E-state index is -0.342. The van der Waals surface area contributed by atoms with Crippen molar-refractivity contribution in [1.29, 1.82) is 5.26 Å². The molecule has 0 saturated heterocycles. The van der Waals surface area contributed by atoms with Crippen LogP contribution in [-0.2, 0) is 4.74 Å². The second kappa shape index (κ2) is 11.3. The number of nitrogens with one attached hydrogen (secondary N) is 2. The van der Waals surface area contributed by atoms with Gasteiger partial charge < -0.3 is 14.8 Å². The van der Waals surface area contributed by atoms with Gasteiger partial charge in [0.2, 0.25) is 0 Å². The van der Waals surface area contributed by atoms with Crippen LogP contribution >= 0.6 is 0 Å². The van der Waals surface area contributed by atoms with Crippen molar-refractivity contribution in [3.05, 3.63) is 18.3 Å². The van der Waals surface area contributed by atoms with Crippen LogP contribution in [0.2, 0.25) is 0 Å². The molecule has 0 radical (unpaired) electrons. The Morgan fingerprint density at radius 3 is 3.04 bits per heavy atom. The molecule has 26 heavy (non-hydrogen) atoms. The van der Waals surface area contributed by atoms with Crippen LogP contribution in [0.1, 0.15) is 45.4 Å². The highest BCUT2D eigenvalue weighted by atomic mass is 16.5. The molecule has 7 heteroatoms. The number of pyridine rings is 1. The van der Waals surface area contributed by atoms with Crippen molar-refractivity contribution >= 4 is 11.8 Å². The first-order chi connectivity index (χ1) is 12.7. The van der Waals surface area contributed by atoms with Crippen LogP contribution in [0.3, 0.4) is 0 Å². The number of amides is 2. The molecule has 2 rings (SSSR count). The highest BCUT2D eigenvalue weighted by Gasteiger charge is 2.21. The van der Waals surface area contributed by atoms with E-state index in [-0.39, 0.29) is 6.03 Å². The predicted molar refractivity (Wildman–Crippen MR) is 99.0 cm³/mol. The summed E-state index contributed by atoms with van der Waals surface area (Å²) in [5.41, 5.74) is 0. The zero-order valence-corrected chi connectivity index (χ0v) is 15.4. The summed E-state index contributed by atoms with van der Waals surface area (Å²) in [6, 6.07) is 5.20. The highest BCUT2D eigenvalue weighted by molar-refractivity contribution is 5.89. The van der Waals surface area contributed by atoms with E-state index in [9.17, 15) is 4.79 Å². The Morgan fingerprint density at radius 1 is 1.38 bits per heavy atom. The lowest BCUT2D eigenvalue weighted by Gasteiger charge is -2.28. The Bertz CT molecular complexity index is 603. The first-order valence-electron chi connectivity index (χ1n) is 9.32. The van der Waals surface area contributed by atoms with Crippen molar-refractivity contribution < 1.29 is 14.3 Å². The number of hydrogen-bond donors (Lipinski definition) is 2. The van der Waals surface area contributed by atoms with Gasteiger partial charge in [0.05, 0.1) is 25.4 Å². The van der Waals surface area contributed by atoms with Crippen molar-refractivity contribution in [3.63, 3.8) is 0 Å². The van der Waals surface area contributed by atoms with Gasteiger partial charge in [0, 0.05) is 19.2 Å². The molecule has 1 saturated carbocycles. The Labute approximate surface area is 155 Å². The number of carbonyl (C=O) groups excluding carboxylic acids is 1. The molecule has 1 aromatic heterocycles. The average Bonchev–Trinajstić information content (AvgIpc) is 2.65. The molecule has 1 aromatic rings. The smallest absolute Gasteiger partial charge is 0.320 e. The van der Waals surface area contributed by atoms with Gasteiger partial charge in [-0.05, 0) is 37.3 Å². The van der Waals surface area contributed by atoms with Gasteiger partial charge in [0.1, 0.15) is 0 Å². The van der Waals surface area contributed by atoms with Crippen molar-refractivity contribution in [1.82, 2.24) is 10.3 Å². The summed E-state index contributed by atoms with van der Waals surface area (Å²) >= 11 is 0. The maximum absolute atomic E-state index is 12.0. The fourth-order valence-corrected chi connectivity index (χ4v) is 2.99. The molecule has 7 nitrogen and oxygen atoms in total. The average molecular weight is 360 g/mol. The molecule has 1 heterocycles. The molecule has 142 valence electrons. The molecule has 1 aliphatic rings. The summed E-state index contributed by atoms with van der Waals surface area (Å²) in [6.45, 7) is 3.58. The monoisotopic (exact) mass is 360 g/mol. The number of carbonyl (C=O) groups is 1. The molecule has 0 spiro atoms. The van der Waals surface area contributed by atoms with Gasteiger partial charge in [-0.3, -0.25) is 5.32 Å². The van der Waals surface area contributed by atoms with Gasteiger partial charge in [0.25, 0.3) is 0 Å². The van der Waals surface area contributed by atoms with Gasteiger partial charge in [-0.1, -0.05) is 19.8 Å². The second-order valence-electron chi connectivity index (χ2n) is 6.51. The van der Waals surface area contributed by atoms with E-state index >= 15 is 0 Å². The molecule has 1 fully saturated rings. The van der Waals surface area contributed by atoms with Crippen LogP contribution in [0.15, 0.2) is 18.3 Å². The quantitative estimate of drug-likeness (QED) is 0.657. The van der Waals surface area contributed by atoms with E-state index in [0.717, 1.165) is 6.42 Å². The maximum Gasteiger partial charge on any atom is 0.320 e. The van der Waals surface area contributed by atoms with Crippen LogP contribution in [0.25, 0.3) is 0 Å². The first kappa shape index (κ1) is 20.0. The second-order valence-corrected chi connectivity index (χ2v) is 6.51. The van der Waals surface area contributed by atoms with Crippen LogP contribution in [0, 0.1) is 17.2 Å². The van der Waals surface area contributed by atoms with E-state index in [2.05, 4.69) is 28.6 Å². The summed E-state index contributed by atoms with van der Waals surface area (Å²) in [6.07, 6.45) is 7.79. The number of anilines is 1. The number of nitriles is 1. The van der Waals surface area contributed by atoms with E-state index in [0.29, 0.717) is 56.2 Å². The lowest BCUT2D eigenvalue weighted by Crippen LogP contribution is -2.34. The molecule has 0 unspecified atom stereocenters. The zero-order valence-electron chi connectivity index (χ0n) is 15.4. The minimum absolute atomic E-state index is 0.304. The van der Waals surface area contributed by atoms with Crippen molar-refractivity contribution in [2.24, 2.45) is 5.92 Å². The number of aromatic nitrogens is 1. The molecule has 2 amide bonds. The van der Waals surface area contributed by atoms with E-state index in [1.165, 1.54) is 19.3 Å². The van der Waals surface area contributed by atoms with Gasteiger partial charge >= 0.3 is 6.03 Å². The molecule has 1 aliphatic carbocycles. The summed E-state index contributed by atoms with van der Waals surface area (Å²) in [7, 11) is 0. The molecule has 0 aromatic carbocycles. The van der Waals surface area contributed by atoms with Crippen LogP contribution in [0.4, 0.5) is 10.6 Å². The highest BCUT2D eigenvalue weighted by Crippen LogP contribution is 2.26. The van der Waals surface area contributed by atoms with Crippen LogP contribution in [-0.4, -0.2) is 36.9 Å². The molecule has 0 aliphatic heterocycles. The maximum atomic E-state index is 12.0. The van der Waals surface area contributed by atoms with Crippen LogP contribution < -0.4 is 15.4 Å². The number of urea groups is 1. The van der Waals surface area contributed by atoms with Gasteiger partial charge in [-0.15, -0.1) is 0 Å². The van der Waals surface area contributed by atoms with E-state index in [4.69, 9.17) is 14.7 Å². The Morgan fingerprint density at radius 2 is 2.23 bits per heavy atom. The zero-order chi connectivity index (χ0) is 18.6. The fourth-order valence-electron chi connectivity index (χ4n) is 2.99. The Balaban J connectivity index is 1.69. The summed E-state index contributed by atoms with van der Waals surface area (Å²) < 4.78 is 11.5. The van der Waals surface area contributed by atoms with E-state index < -0.39 is 0 Å². The van der Waals surface area contributed by atoms with Gasteiger partial charge in [0.15, 0.2) is 11.6 Å². The summed E-state index contributed by atoms with van der Waals surface area (Å²) in [5.74, 6) is 1.45. The number of nitrogens with zero attached hydrogens (tertiary/aromatic N) is 2. The van der Waals surface area contributed by atoms with E-state index in [1.807, 2.05) is 0 Å². The minimum Gasteiger partial charge on any atom is -0.490 e. The number of rotatable bonds is 9.